The summed E-state index contributed by atoms with van der Waals surface area (Å²) in [5, 5.41) is 6.32. The maximum absolute atomic E-state index is 12.7. The number of nitrogens with one attached hydrogen (secondary N) is 1. The van der Waals surface area contributed by atoms with Crippen molar-refractivity contribution in [2.45, 2.75) is 12.5 Å². The molecule has 2 heterocycles. The molecule has 0 fully saturated rings. The highest BCUT2D eigenvalue weighted by Gasteiger charge is 2.37. The van der Waals surface area contributed by atoms with E-state index in [1.165, 1.54) is 24.3 Å². The molecule has 120 valence electrons. The molecule has 1 N–H and O–H groups in total. The van der Waals surface area contributed by atoms with Crippen molar-refractivity contribution in [3.8, 4) is 0 Å². The maximum atomic E-state index is 12.7. The van der Waals surface area contributed by atoms with Crippen molar-refractivity contribution in [2.75, 3.05) is 19.0 Å². The van der Waals surface area contributed by atoms with E-state index >= 15 is 0 Å². The van der Waals surface area contributed by atoms with Crippen molar-refractivity contribution in [1.29, 1.82) is 0 Å². The van der Waals surface area contributed by atoms with Gasteiger partial charge < -0.3 is 14.6 Å². The first-order valence-electron chi connectivity index (χ1n) is 6.94. The van der Waals surface area contributed by atoms with Gasteiger partial charge in [-0.25, -0.2) is 4.79 Å². The molecular weight excluding hydrogens is 366 g/mol. The molecule has 0 saturated carbocycles. The van der Waals surface area contributed by atoms with E-state index in [9.17, 15) is 9.59 Å². The fraction of sp³-hybridized carbons (Fsp3) is 0.267. The van der Waals surface area contributed by atoms with Crippen LogP contribution in [-0.4, -0.2) is 35.7 Å². The molecule has 1 atom stereocenters. The summed E-state index contributed by atoms with van der Waals surface area (Å²) in [6, 6.07) is 6.45. The number of methoxy groups -OCH3 is 1. The van der Waals surface area contributed by atoms with Crippen molar-refractivity contribution in [1.82, 2.24) is 10.1 Å². The number of amides is 2. The van der Waals surface area contributed by atoms with Gasteiger partial charge in [0.05, 0.1) is 7.11 Å². The first-order valence-corrected chi connectivity index (χ1v) is 7.73. The van der Waals surface area contributed by atoms with Gasteiger partial charge in [0.15, 0.2) is 5.82 Å². The van der Waals surface area contributed by atoms with E-state index in [-0.39, 0.29) is 5.91 Å². The lowest BCUT2D eigenvalue weighted by Crippen LogP contribution is -2.45. The molecule has 0 unspecified atom stereocenters. The predicted molar refractivity (Wildman–Crippen MR) is 84.8 cm³/mol. The summed E-state index contributed by atoms with van der Waals surface area (Å²) in [5.41, 5.74) is 1.78. The van der Waals surface area contributed by atoms with Crippen LogP contribution in [0.1, 0.15) is 17.2 Å². The lowest BCUT2D eigenvalue weighted by atomic mass is 9.92. The molecule has 1 aromatic heterocycles. The van der Waals surface area contributed by atoms with Gasteiger partial charge in [0.2, 0.25) is 0 Å². The number of aromatic nitrogens is 1. The van der Waals surface area contributed by atoms with Gasteiger partial charge in [0.1, 0.15) is 12.3 Å². The van der Waals surface area contributed by atoms with Crippen molar-refractivity contribution in [3.05, 3.63) is 46.1 Å². The minimum Gasteiger partial charge on any atom is -0.453 e. The Labute approximate surface area is 140 Å². The number of halogens is 1. The van der Waals surface area contributed by atoms with Crippen LogP contribution in [0, 0.1) is 0 Å². The van der Waals surface area contributed by atoms with E-state index < -0.39 is 12.1 Å². The van der Waals surface area contributed by atoms with E-state index in [4.69, 9.17) is 9.26 Å². The molecule has 7 nitrogen and oxygen atoms in total. The van der Waals surface area contributed by atoms with Crippen LogP contribution in [0.3, 0.4) is 0 Å². The Morgan fingerprint density at radius 2 is 2.26 bits per heavy atom. The molecule has 0 saturated heterocycles. The first kappa shape index (κ1) is 15.5. The zero-order valence-electron chi connectivity index (χ0n) is 12.3. The van der Waals surface area contributed by atoms with Crippen LogP contribution in [-0.2, 0) is 16.0 Å². The lowest BCUT2D eigenvalue weighted by molar-refractivity contribution is -0.121. The van der Waals surface area contributed by atoms with Gasteiger partial charge in [-0.1, -0.05) is 27.2 Å². The Morgan fingerprint density at radius 3 is 2.96 bits per heavy atom. The summed E-state index contributed by atoms with van der Waals surface area (Å²) in [4.78, 5) is 26.2. The number of carbonyl (C=O) groups excluding carboxylic acids is 2. The van der Waals surface area contributed by atoms with Crippen LogP contribution >= 0.6 is 15.9 Å². The maximum Gasteiger partial charge on any atom is 0.410 e. The third kappa shape index (κ3) is 3.07. The van der Waals surface area contributed by atoms with Crippen molar-refractivity contribution in [2.24, 2.45) is 0 Å². The Morgan fingerprint density at radius 1 is 1.43 bits per heavy atom. The van der Waals surface area contributed by atoms with Gasteiger partial charge in [0.25, 0.3) is 5.91 Å². The highest BCUT2D eigenvalue weighted by atomic mass is 79.9. The smallest absolute Gasteiger partial charge is 0.410 e. The van der Waals surface area contributed by atoms with Crippen LogP contribution in [0.2, 0.25) is 0 Å². The molecule has 8 heteroatoms. The Balaban J connectivity index is 1.98. The molecule has 0 aliphatic carbocycles. The van der Waals surface area contributed by atoms with Crippen molar-refractivity contribution < 1.29 is 18.8 Å². The van der Waals surface area contributed by atoms with E-state index in [1.807, 2.05) is 18.2 Å². The fourth-order valence-electron chi connectivity index (χ4n) is 2.65. The number of hydrogen-bond acceptors (Lipinski definition) is 5. The highest BCUT2D eigenvalue weighted by molar-refractivity contribution is 9.10. The average Bonchev–Trinajstić information content (AvgIpc) is 3.05. The van der Waals surface area contributed by atoms with Gasteiger partial charge in [0, 0.05) is 17.1 Å². The summed E-state index contributed by atoms with van der Waals surface area (Å²) >= 11 is 3.41. The zero-order valence-corrected chi connectivity index (χ0v) is 13.9. The lowest BCUT2D eigenvalue weighted by Gasteiger charge is -2.35. The number of fused-ring (bicyclic) bond motifs is 1. The molecule has 0 bridgehead atoms. The number of rotatable bonds is 2. The van der Waals surface area contributed by atoms with E-state index in [0.717, 1.165) is 15.6 Å². The van der Waals surface area contributed by atoms with Gasteiger partial charge >= 0.3 is 6.09 Å². The summed E-state index contributed by atoms with van der Waals surface area (Å²) in [5.74, 6) is -0.0784. The van der Waals surface area contributed by atoms with E-state index in [1.54, 1.807) is 0 Å². The number of benzene rings is 1. The summed E-state index contributed by atoms with van der Waals surface area (Å²) in [7, 11) is 1.30. The SMILES string of the molecule is COC(=O)N1CCc2ccc(Br)cc2[C@H]1C(=O)Nc1ccon1. The number of ether oxygens (including phenoxy) is 1. The topological polar surface area (TPSA) is 84.7 Å². The summed E-state index contributed by atoms with van der Waals surface area (Å²) < 4.78 is 10.4. The summed E-state index contributed by atoms with van der Waals surface area (Å²) in [6.07, 6.45) is 1.47. The monoisotopic (exact) mass is 379 g/mol. The molecule has 0 spiro atoms. The van der Waals surface area contributed by atoms with Gasteiger partial charge in [-0.15, -0.1) is 0 Å². The molecular formula is C15H14BrN3O4. The normalized spacial score (nSPS) is 16.6. The molecule has 2 amide bonds. The highest BCUT2D eigenvalue weighted by Crippen LogP contribution is 2.33. The second-order valence-corrected chi connectivity index (χ2v) is 5.95. The largest absolute Gasteiger partial charge is 0.453 e. The zero-order chi connectivity index (χ0) is 16.4. The van der Waals surface area contributed by atoms with Gasteiger partial charge in [-0.3, -0.25) is 9.69 Å². The third-order valence-corrected chi connectivity index (χ3v) is 4.18. The number of anilines is 1. The van der Waals surface area contributed by atoms with Gasteiger partial charge in [-0.05, 0) is 29.7 Å². The molecule has 1 aliphatic rings. The minimum atomic E-state index is -0.791. The molecule has 1 aliphatic heterocycles. The third-order valence-electron chi connectivity index (χ3n) is 3.68. The molecule has 0 radical (unpaired) electrons. The van der Waals surface area contributed by atoms with Crippen LogP contribution in [0.15, 0.2) is 39.5 Å². The molecule has 1 aromatic carbocycles. The predicted octanol–water partition coefficient (Wildman–Crippen LogP) is 2.74. The van der Waals surface area contributed by atoms with Crippen LogP contribution in [0.5, 0.6) is 0 Å². The second-order valence-electron chi connectivity index (χ2n) is 5.03. The minimum absolute atomic E-state index is 0.293. The van der Waals surface area contributed by atoms with Crippen LogP contribution < -0.4 is 5.32 Å². The second kappa shape index (κ2) is 6.41. The standard InChI is InChI=1S/C15H14BrN3O4/c1-22-15(21)19-6-4-9-2-3-10(16)8-11(9)13(19)14(20)17-12-5-7-23-18-12/h2-3,5,7-8,13H,4,6H2,1H3,(H,17,18,20)/t13-/m0/s1. The Kier molecular flexibility index (Phi) is 4.33. The van der Waals surface area contributed by atoms with Gasteiger partial charge in [-0.2, -0.15) is 0 Å². The van der Waals surface area contributed by atoms with Crippen LogP contribution in [0.4, 0.5) is 10.6 Å². The fourth-order valence-corrected chi connectivity index (χ4v) is 3.03. The average molecular weight is 380 g/mol. The molecule has 3 rings (SSSR count). The molecule has 23 heavy (non-hydrogen) atoms. The number of nitrogens with zero attached hydrogens (tertiary/aromatic N) is 2. The number of carbonyl (C=O) groups is 2. The summed E-state index contributed by atoms with van der Waals surface area (Å²) in [6.45, 7) is 0.401. The molecule has 2 aromatic rings. The number of hydrogen-bond donors (Lipinski definition) is 1. The van der Waals surface area contributed by atoms with E-state index in [0.29, 0.717) is 18.8 Å². The van der Waals surface area contributed by atoms with Crippen molar-refractivity contribution >= 4 is 33.7 Å². The quantitative estimate of drug-likeness (QED) is 0.866. The van der Waals surface area contributed by atoms with E-state index in [2.05, 4.69) is 26.4 Å². The Bertz CT molecular complexity index is 732. The Hall–Kier alpha value is -2.35. The van der Waals surface area contributed by atoms with Crippen LogP contribution in [0.25, 0.3) is 0 Å². The first-order chi connectivity index (χ1) is 11.1. The van der Waals surface area contributed by atoms with Crippen molar-refractivity contribution in [3.63, 3.8) is 0 Å².